The smallest absolute Gasteiger partial charge is 0.333 e. The fourth-order valence-corrected chi connectivity index (χ4v) is 9.77. The minimum absolute atomic E-state index is 0.0182. The number of carbonyl (C=O) groups excluding carboxylic acids is 1. The van der Waals surface area contributed by atoms with Crippen molar-refractivity contribution in [2.24, 2.45) is 46.3 Å². The number of fused-ring (bicyclic) bond motifs is 5. The number of hydrogen-bond acceptors (Lipinski definition) is 6. The Morgan fingerprint density at radius 1 is 1.12 bits per heavy atom. The number of aliphatic hydroxyl groups excluding tert-OH is 2. The topological polar surface area (TPSA) is 133 Å². The van der Waals surface area contributed by atoms with Gasteiger partial charge in [0.2, 0.25) is 0 Å². The van der Waals surface area contributed by atoms with E-state index in [4.69, 9.17) is 4.74 Å². The van der Waals surface area contributed by atoms with Crippen LogP contribution in [0.3, 0.4) is 0 Å². The third-order valence-corrected chi connectivity index (χ3v) is 11.5. The minimum atomic E-state index is -4.38. The van der Waals surface area contributed by atoms with Gasteiger partial charge in [-0.1, -0.05) is 20.8 Å². The monoisotopic (exact) mass is 501 g/mol. The van der Waals surface area contributed by atoms with Crippen LogP contribution in [0.1, 0.15) is 78.6 Å². The summed E-state index contributed by atoms with van der Waals surface area (Å²) in [5.74, 6) is 0.632. The number of esters is 1. The Bertz CT molecular complexity index is 880. The highest BCUT2D eigenvalue weighted by molar-refractivity contribution is 7.83. The summed E-state index contributed by atoms with van der Waals surface area (Å²) >= 11 is 0. The van der Waals surface area contributed by atoms with Gasteiger partial charge in [0.25, 0.3) is 0 Å². The van der Waals surface area contributed by atoms with Crippen LogP contribution in [0.2, 0.25) is 0 Å². The van der Waals surface area contributed by atoms with E-state index in [0.29, 0.717) is 32.1 Å². The summed E-state index contributed by atoms with van der Waals surface area (Å²) in [6, 6.07) is -0.413. The standard InChI is InChI=1S/C25H43NO7S/c1-14(5-8-22(29)33-4)17-6-7-18-23-19(13-21(28)25(17,18)3)24(2)10-9-16(27)11-15(24)12-20(23)26-34(30,31)32/h14-21,23,26-28H,5-13H2,1-4H3,(H,30,31,32)/t14-,15?,16-,17?,18+,19+,20-,21+,23?,24?,25?/m1/s1. The van der Waals surface area contributed by atoms with Crippen LogP contribution in [-0.4, -0.2) is 54.5 Å². The summed E-state index contributed by atoms with van der Waals surface area (Å²) < 4.78 is 41.0. The van der Waals surface area contributed by atoms with E-state index in [1.54, 1.807) is 0 Å². The lowest BCUT2D eigenvalue weighted by Gasteiger charge is -2.64. The van der Waals surface area contributed by atoms with Crippen LogP contribution in [0, 0.1) is 46.3 Å². The zero-order valence-electron chi connectivity index (χ0n) is 20.9. The molecule has 0 aromatic rings. The van der Waals surface area contributed by atoms with Crippen LogP contribution in [-0.2, 0) is 19.8 Å². The molecule has 0 heterocycles. The fraction of sp³-hybridized carbons (Fsp3) is 0.960. The lowest BCUT2D eigenvalue weighted by molar-refractivity contribution is -0.182. The molecule has 4 rings (SSSR count). The minimum Gasteiger partial charge on any atom is -0.469 e. The first-order chi connectivity index (χ1) is 15.8. The maximum absolute atomic E-state index is 12.0. The summed E-state index contributed by atoms with van der Waals surface area (Å²) in [5.41, 5.74) is -0.453. The van der Waals surface area contributed by atoms with Crippen LogP contribution in [0.25, 0.3) is 0 Å². The van der Waals surface area contributed by atoms with Crippen molar-refractivity contribution in [3.63, 3.8) is 0 Å². The molecule has 9 heteroatoms. The second-order valence-electron chi connectivity index (χ2n) is 12.2. The molecule has 0 radical (unpaired) electrons. The number of carbonyl (C=O) groups is 1. The van der Waals surface area contributed by atoms with E-state index >= 15 is 0 Å². The maximum atomic E-state index is 12.0. The molecule has 0 bridgehead atoms. The molecule has 0 spiro atoms. The van der Waals surface area contributed by atoms with Gasteiger partial charge < -0.3 is 14.9 Å². The van der Waals surface area contributed by atoms with E-state index in [0.717, 1.165) is 25.7 Å². The van der Waals surface area contributed by atoms with E-state index in [1.807, 2.05) is 0 Å². The Hall–Kier alpha value is -0.740. The predicted octanol–water partition coefficient (Wildman–Crippen LogP) is 2.94. The Kier molecular flexibility index (Phi) is 7.19. The summed E-state index contributed by atoms with van der Waals surface area (Å²) in [6.45, 7) is 6.58. The van der Waals surface area contributed by atoms with E-state index < -0.39 is 22.4 Å². The van der Waals surface area contributed by atoms with Crippen LogP contribution >= 0.6 is 0 Å². The molecular weight excluding hydrogens is 458 g/mol. The maximum Gasteiger partial charge on any atom is 0.333 e. The van der Waals surface area contributed by atoms with Crippen LogP contribution < -0.4 is 4.72 Å². The molecule has 11 atom stereocenters. The highest BCUT2D eigenvalue weighted by atomic mass is 32.2. The summed E-state index contributed by atoms with van der Waals surface area (Å²) in [6.07, 6.45) is 5.42. The molecule has 5 unspecified atom stereocenters. The Morgan fingerprint density at radius 2 is 1.82 bits per heavy atom. The fourth-order valence-electron chi connectivity index (χ4n) is 9.14. The van der Waals surface area contributed by atoms with Gasteiger partial charge in [-0.25, -0.2) is 0 Å². The second kappa shape index (κ2) is 9.29. The van der Waals surface area contributed by atoms with E-state index in [-0.39, 0.29) is 58.4 Å². The molecule has 0 saturated heterocycles. The number of ether oxygens (including phenoxy) is 1. The van der Waals surface area contributed by atoms with Crippen molar-refractivity contribution in [3.8, 4) is 0 Å². The Labute approximate surface area is 204 Å². The number of aliphatic hydroxyl groups is 2. The molecule has 4 saturated carbocycles. The Balaban J connectivity index is 1.66. The summed E-state index contributed by atoms with van der Waals surface area (Å²) in [5, 5.41) is 22.0. The molecular formula is C25H43NO7S. The number of hydrogen-bond donors (Lipinski definition) is 4. The highest BCUT2D eigenvalue weighted by Gasteiger charge is 2.66. The zero-order chi connectivity index (χ0) is 25.1. The van der Waals surface area contributed by atoms with Crippen molar-refractivity contribution in [3.05, 3.63) is 0 Å². The number of methoxy groups -OCH3 is 1. The number of nitrogens with one attached hydrogen (secondary N) is 1. The highest BCUT2D eigenvalue weighted by Crippen LogP contribution is 2.68. The van der Waals surface area contributed by atoms with E-state index in [1.165, 1.54) is 7.11 Å². The number of rotatable bonds is 6. The van der Waals surface area contributed by atoms with Crippen molar-refractivity contribution in [2.75, 3.05) is 7.11 Å². The SMILES string of the molecule is COC(=O)CC[C@@H](C)C1CC[C@H]2C3[C@H](NS(=O)(=O)O)CC4C[C@H](O)CCC4(C)[C@H]3C[C@H](O)C12C. The lowest BCUT2D eigenvalue weighted by Crippen LogP contribution is -2.65. The van der Waals surface area contributed by atoms with Crippen molar-refractivity contribution < 1.29 is 32.7 Å². The first-order valence-corrected chi connectivity index (χ1v) is 14.4. The molecule has 4 aliphatic rings. The van der Waals surface area contributed by atoms with E-state index in [2.05, 4.69) is 25.5 Å². The molecule has 0 aromatic carbocycles. The van der Waals surface area contributed by atoms with Crippen LogP contribution in [0.4, 0.5) is 0 Å². The molecule has 0 aliphatic heterocycles. The van der Waals surface area contributed by atoms with Crippen LogP contribution in [0.5, 0.6) is 0 Å². The van der Waals surface area contributed by atoms with Gasteiger partial charge in [-0.3, -0.25) is 9.35 Å². The molecule has 4 N–H and O–H groups in total. The third kappa shape index (κ3) is 4.44. The van der Waals surface area contributed by atoms with Crippen LogP contribution in [0.15, 0.2) is 0 Å². The average Bonchev–Trinajstić information content (AvgIpc) is 3.11. The Morgan fingerprint density at radius 3 is 2.47 bits per heavy atom. The first-order valence-electron chi connectivity index (χ1n) is 13.0. The van der Waals surface area contributed by atoms with E-state index in [9.17, 15) is 28.0 Å². The van der Waals surface area contributed by atoms with Crippen molar-refractivity contribution in [1.29, 1.82) is 0 Å². The molecule has 34 heavy (non-hydrogen) atoms. The molecule has 8 nitrogen and oxygen atoms in total. The summed E-state index contributed by atoms with van der Waals surface area (Å²) in [4.78, 5) is 11.7. The first kappa shape index (κ1) is 26.3. The van der Waals surface area contributed by atoms with Gasteiger partial charge in [-0.2, -0.15) is 13.1 Å². The second-order valence-corrected chi connectivity index (χ2v) is 13.4. The predicted molar refractivity (Wildman–Crippen MR) is 127 cm³/mol. The van der Waals surface area contributed by atoms with Gasteiger partial charge in [-0.05, 0) is 97.7 Å². The quantitative estimate of drug-likeness (QED) is 0.325. The molecule has 0 aromatic heterocycles. The molecule has 196 valence electrons. The average molecular weight is 502 g/mol. The molecule has 0 amide bonds. The largest absolute Gasteiger partial charge is 0.469 e. The van der Waals surface area contributed by atoms with Crippen molar-refractivity contribution in [2.45, 2.75) is 96.8 Å². The van der Waals surface area contributed by atoms with Gasteiger partial charge >= 0.3 is 16.3 Å². The summed E-state index contributed by atoms with van der Waals surface area (Å²) in [7, 11) is -2.99. The van der Waals surface area contributed by atoms with Gasteiger partial charge in [-0.15, -0.1) is 0 Å². The van der Waals surface area contributed by atoms with Crippen molar-refractivity contribution >= 4 is 16.3 Å². The van der Waals surface area contributed by atoms with Gasteiger partial charge in [0.05, 0.1) is 19.3 Å². The van der Waals surface area contributed by atoms with Gasteiger partial charge in [0.1, 0.15) is 0 Å². The van der Waals surface area contributed by atoms with Gasteiger partial charge in [0, 0.05) is 12.5 Å². The molecule has 4 aliphatic carbocycles. The van der Waals surface area contributed by atoms with Gasteiger partial charge in [0.15, 0.2) is 0 Å². The zero-order valence-corrected chi connectivity index (χ0v) is 21.8. The molecule has 4 fully saturated rings. The normalized spacial score (nSPS) is 47.3. The van der Waals surface area contributed by atoms with Crippen molar-refractivity contribution in [1.82, 2.24) is 4.72 Å². The lowest BCUT2D eigenvalue weighted by atomic mass is 9.42. The third-order valence-electron chi connectivity index (χ3n) is 10.9.